The number of hydrogen-bond acceptors (Lipinski definition) is 3. The first-order chi connectivity index (χ1) is 12.5. The van der Waals surface area contributed by atoms with Crippen molar-refractivity contribution in [2.75, 3.05) is 20.2 Å². The largest absolute Gasteiger partial charge is 0.490 e. The Balaban J connectivity index is 1.84. The number of amides is 2. The average Bonchev–Trinajstić information content (AvgIpc) is 2.65. The van der Waals surface area contributed by atoms with Crippen molar-refractivity contribution >= 4 is 23.4 Å². The van der Waals surface area contributed by atoms with Crippen molar-refractivity contribution < 1.29 is 14.3 Å². The fourth-order valence-electron chi connectivity index (χ4n) is 2.24. The van der Waals surface area contributed by atoms with E-state index < -0.39 is 0 Å². The van der Waals surface area contributed by atoms with Gasteiger partial charge >= 0.3 is 0 Å². The normalized spacial score (nSPS) is 10.1. The Kier molecular flexibility index (Phi) is 7.24. The van der Waals surface area contributed by atoms with Crippen LogP contribution in [0.5, 0.6) is 5.75 Å². The lowest BCUT2D eigenvalue weighted by Gasteiger charge is -2.18. The highest BCUT2D eigenvalue weighted by Crippen LogP contribution is 2.15. The van der Waals surface area contributed by atoms with Crippen LogP contribution in [0.2, 0.25) is 5.02 Å². The summed E-state index contributed by atoms with van der Waals surface area (Å²) in [5.74, 6) is 0.174. The first-order valence-electron chi connectivity index (χ1n) is 8.10. The van der Waals surface area contributed by atoms with E-state index in [4.69, 9.17) is 16.3 Å². The molecule has 6 heteroatoms. The predicted molar refractivity (Wildman–Crippen MR) is 102 cm³/mol. The van der Waals surface area contributed by atoms with Crippen LogP contribution in [0.3, 0.4) is 0 Å². The topological polar surface area (TPSA) is 58.6 Å². The number of benzene rings is 2. The van der Waals surface area contributed by atoms with E-state index in [1.807, 2.05) is 24.3 Å². The summed E-state index contributed by atoms with van der Waals surface area (Å²) in [7, 11) is 1.69. The Morgan fingerprint density at radius 1 is 1.19 bits per heavy atom. The molecule has 0 radical (unpaired) electrons. The zero-order chi connectivity index (χ0) is 18.9. The third kappa shape index (κ3) is 5.63. The summed E-state index contributed by atoms with van der Waals surface area (Å²) in [4.78, 5) is 25.9. The molecule has 26 heavy (non-hydrogen) atoms. The van der Waals surface area contributed by atoms with Crippen molar-refractivity contribution in [1.82, 2.24) is 10.2 Å². The van der Waals surface area contributed by atoms with Gasteiger partial charge in [-0.2, -0.15) is 0 Å². The number of rotatable bonds is 8. The van der Waals surface area contributed by atoms with Gasteiger partial charge in [0.15, 0.2) is 0 Å². The molecule has 5 nitrogen and oxygen atoms in total. The number of ether oxygens (including phenoxy) is 1. The molecule has 0 bridgehead atoms. The summed E-state index contributed by atoms with van der Waals surface area (Å²) in [6.07, 6.45) is 1.68. The molecule has 1 N–H and O–H groups in total. The molecule has 2 aromatic rings. The van der Waals surface area contributed by atoms with Gasteiger partial charge in [0, 0.05) is 13.6 Å². The van der Waals surface area contributed by atoms with E-state index in [1.54, 1.807) is 42.3 Å². The molecule has 2 rings (SSSR count). The summed E-state index contributed by atoms with van der Waals surface area (Å²) in [5.41, 5.74) is 1.31. The molecule has 0 aromatic heterocycles. The Labute approximate surface area is 158 Å². The molecule has 0 heterocycles. The summed E-state index contributed by atoms with van der Waals surface area (Å²) in [5, 5.41) is 2.95. The van der Waals surface area contributed by atoms with Gasteiger partial charge in [-0.05, 0) is 29.8 Å². The number of carbonyl (C=O) groups is 2. The molecule has 0 fully saturated rings. The van der Waals surface area contributed by atoms with Crippen molar-refractivity contribution in [2.24, 2.45) is 0 Å². The minimum Gasteiger partial charge on any atom is -0.490 e. The minimum absolute atomic E-state index is 0.0961. The predicted octanol–water partition coefficient (Wildman–Crippen LogP) is 3.29. The highest BCUT2D eigenvalue weighted by molar-refractivity contribution is 6.33. The van der Waals surface area contributed by atoms with Crippen LogP contribution < -0.4 is 10.1 Å². The highest BCUT2D eigenvalue weighted by atomic mass is 35.5. The maximum atomic E-state index is 12.2. The number of nitrogens with zero attached hydrogens (tertiary/aromatic N) is 1. The van der Waals surface area contributed by atoms with Crippen LogP contribution in [0.1, 0.15) is 15.9 Å². The summed E-state index contributed by atoms with van der Waals surface area (Å²) >= 11 is 5.98. The third-order valence-electron chi connectivity index (χ3n) is 3.66. The van der Waals surface area contributed by atoms with Gasteiger partial charge in [-0.1, -0.05) is 48.5 Å². The SMILES string of the molecule is C=CCOc1ccc(CN(C)C(=O)CNC(=O)c2ccccc2Cl)cc1. The highest BCUT2D eigenvalue weighted by Gasteiger charge is 2.13. The van der Waals surface area contributed by atoms with Crippen molar-refractivity contribution in [1.29, 1.82) is 0 Å². The van der Waals surface area contributed by atoms with Gasteiger partial charge in [0.05, 0.1) is 17.1 Å². The van der Waals surface area contributed by atoms with E-state index in [0.29, 0.717) is 23.7 Å². The fraction of sp³-hybridized carbons (Fsp3) is 0.200. The zero-order valence-corrected chi connectivity index (χ0v) is 15.3. The second-order valence-corrected chi connectivity index (χ2v) is 6.06. The Morgan fingerprint density at radius 2 is 1.88 bits per heavy atom. The maximum Gasteiger partial charge on any atom is 0.253 e. The van der Waals surface area contributed by atoms with Gasteiger partial charge in [-0.3, -0.25) is 9.59 Å². The smallest absolute Gasteiger partial charge is 0.253 e. The minimum atomic E-state index is -0.374. The summed E-state index contributed by atoms with van der Waals surface area (Å²) < 4.78 is 5.42. The molecule has 0 saturated carbocycles. The number of halogens is 1. The number of likely N-dealkylation sites (N-methyl/N-ethyl adjacent to an activating group) is 1. The first-order valence-corrected chi connectivity index (χ1v) is 8.48. The van der Waals surface area contributed by atoms with Gasteiger partial charge in [-0.25, -0.2) is 0 Å². The van der Waals surface area contributed by atoms with Crippen LogP contribution in [0, 0.1) is 0 Å². The van der Waals surface area contributed by atoms with Gasteiger partial charge in [0.2, 0.25) is 5.91 Å². The van der Waals surface area contributed by atoms with E-state index in [2.05, 4.69) is 11.9 Å². The third-order valence-corrected chi connectivity index (χ3v) is 3.98. The molecular weight excluding hydrogens is 352 g/mol. The van der Waals surface area contributed by atoms with Crippen LogP contribution in [0.4, 0.5) is 0 Å². The average molecular weight is 373 g/mol. The van der Waals surface area contributed by atoms with Crippen LogP contribution in [-0.4, -0.2) is 36.9 Å². The van der Waals surface area contributed by atoms with Crippen LogP contribution in [0.15, 0.2) is 61.2 Å². The molecule has 0 aliphatic rings. The van der Waals surface area contributed by atoms with Crippen molar-refractivity contribution in [3.63, 3.8) is 0 Å². The van der Waals surface area contributed by atoms with Gasteiger partial charge in [0.25, 0.3) is 5.91 Å². The Morgan fingerprint density at radius 3 is 2.54 bits per heavy atom. The second kappa shape index (κ2) is 9.63. The zero-order valence-electron chi connectivity index (χ0n) is 14.6. The lowest BCUT2D eigenvalue weighted by Crippen LogP contribution is -2.37. The Bertz CT molecular complexity index is 775. The molecule has 0 saturated heterocycles. The van der Waals surface area contributed by atoms with Crippen molar-refractivity contribution in [3.05, 3.63) is 77.3 Å². The summed E-state index contributed by atoms with van der Waals surface area (Å²) in [6, 6.07) is 14.2. The number of hydrogen-bond donors (Lipinski definition) is 1. The van der Waals surface area contributed by atoms with Crippen molar-refractivity contribution in [2.45, 2.75) is 6.54 Å². The quantitative estimate of drug-likeness (QED) is 0.723. The van der Waals surface area contributed by atoms with E-state index in [1.165, 1.54) is 0 Å². The molecule has 0 spiro atoms. The second-order valence-electron chi connectivity index (χ2n) is 5.66. The van der Waals surface area contributed by atoms with E-state index in [-0.39, 0.29) is 18.4 Å². The number of nitrogens with one attached hydrogen (secondary N) is 1. The molecule has 0 aliphatic carbocycles. The molecule has 0 atom stereocenters. The summed E-state index contributed by atoms with van der Waals surface area (Å²) in [6.45, 7) is 4.38. The molecule has 2 amide bonds. The molecule has 0 aliphatic heterocycles. The van der Waals surface area contributed by atoms with E-state index in [9.17, 15) is 9.59 Å². The monoisotopic (exact) mass is 372 g/mol. The molecule has 136 valence electrons. The van der Waals surface area contributed by atoms with E-state index >= 15 is 0 Å². The van der Waals surface area contributed by atoms with Crippen molar-refractivity contribution in [3.8, 4) is 5.75 Å². The molecule has 2 aromatic carbocycles. The number of carbonyl (C=O) groups excluding carboxylic acids is 2. The van der Waals surface area contributed by atoms with Gasteiger partial charge < -0.3 is 15.0 Å². The van der Waals surface area contributed by atoms with Crippen LogP contribution in [0.25, 0.3) is 0 Å². The van der Waals surface area contributed by atoms with Crippen LogP contribution >= 0.6 is 11.6 Å². The van der Waals surface area contributed by atoms with Gasteiger partial charge in [0.1, 0.15) is 12.4 Å². The maximum absolute atomic E-state index is 12.2. The molecule has 0 unspecified atom stereocenters. The first kappa shape index (κ1) is 19.5. The van der Waals surface area contributed by atoms with Gasteiger partial charge in [-0.15, -0.1) is 0 Å². The Hall–Kier alpha value is -2.79. The standard InChI is InChI=1S/C20H21ClN2O3/c1-3-12-26-16-10-8-15(9-11-16)14-23(2)19(24)13-22-20(25)17-6-4-5-7-18(17)21/h3-11H,1,12-14H2,2H3,(H,22,25). The fourth-order valence-corrected chi connectivity index (χ4v) is 2.46. The van der Waals surface area contributed by atoms with Crippen LogP contribution in [-0.2, 0) is 11.3 Å². The van der Waals surface area contributed by atoms with E-state index in [0.717, 1.165) is 11.3 Å². The lowest BCUT2D eigenvalue weighted by molar-refractivity contribution is -0.129. The lowest BCUT2D eigenvalue weighted by atomic mass is 10.2. The molecular formula is C20H21ClN2O3.